The number of aryl methyl sites for hydroxylation is 1. The lowest BCUT2D eigenvalue weighted by Gasteiger charge is -2.40. The zero-order valence-electron chi connectivity index (χ0n) is 24.7. The molecule has 6 rings (SSSR count). The van der Waals surface area contributed by atoms with Gasteiger partial charge in [0, 0.05) is 61.9 Å². The molecule has 0 bridgehead atoms. The van der Waals surface area contributed by atoms with E-state index < -0.39 is 5.60 Å². The number of aliphatic hydroxyl groups is 1. The maximum absolute atomic E-state index is 13.4. The van der Waals surface area contributed by atoms with Crippen LogP contribution in [0.1, 0.15) is 26.5 Å². The van der Waals surface area contributed by atoms with Gasteiger partial charge in [0.2, 0.25) is 5.95 Å². The van der Waals surface area contributed by atoms with Crippen molar-refractivity contribution in [3.63, 3.8) is 0 Å². The van der Waals surface area contributed by atoms with Gasteiger partial charge >= 0.3 is 0 Å². The second-order valence-electron chi connectivity index (χ2n) is 11.6. The van der Waals surface area contributed by atoms with Gasteiger partial charge in [-0.3, -0.25) is 4.79 Å². The molecule has 1 aliphatic heterocycles. The van der Waals surface area contributed by atoms with Gasteiger partial charge in [-0.15, -0.1) is 6.58 Å². The molecule has 42 heavy (non-hydrogen) atoms. The van der Waals surface area contributed by atoms with Crippen molar-refractivity contribution < 1.29 is 5.11 Å². The van der Waals surface area contributed by atoms with Crippen molar-refractivity contribution in [1.82, 2.24) is 33.8 Å². The molecular formula is C31H37N9O2. The average Bonchev–Trinajstić information content (AvgIpc) is 3.45. The van der Waals surface area contributed by atoms with Gasteiger partial charge in [-0.25, -0.2) is 19.3 Å². The van der Waals surface area contributed by atoms with E-state index >= 15 is 0 Å². The number of nitrogens with zero attached hydrogens (tertiary/aromatic N) is 8. The monoisotopic (exact) mass is 567 g/mol. The Kier molecular flexibility index (Phi) is 6.86. The van der Waals surface area contributed by atoms with Crippen LogP contribution in [0.3, 0.4) is 0 Å². The molecular weight excluding hydrogens is 530 g/mol. The molecule has 11 heteroatoms. The number of rotatable bonds is 7. The van der Waals surface area contributed by atoms with E-state index in [0.29, 0.717) is 34.5 Å². The Hall–Kier alpha value is -4.48. The van der Waals surface area contributed by atoms with Gasteiger partial charge in [0.05, 0.1) is 17.8 Å². The van der Waals surface area contributed by atoms with E-state index in [1.807, 2.05) is 7.05 Å². The lowest BCUT2D eigenvalue weighted by Crippen LogP contribution is -2.50. The fraction of sp³-hybridized carbons (Fsp3) is 0.355. The number of fused-ring (bicyclic) bond motifs is 2. The number of allylic oxidation sites excluding steroid dienone is 1. The Bertz CT molecular complexity index is 1860. The first kappa shape index (κ1) is 27.7. The zero-order valence-corrected chi connectivity index (χ0v) is 24.7. The van der Waals surface area contributed by atoms with Crippen LogP contribution in [0.4, 0.5) is 17.3 Å². The number of anilines is 3. The maximum atomic E-state index is 13.4. The van der Waals surface area contributed by atoms with Gasteiger partial charge in [0.15, 0.2) is 11.5 Å². The first-order chi connectivity index (χ1) is 20.0. The number of hydrogen-bond donors (Lipinski definition) is 2. The van der Waals surface area contributed by atoms with Crippen LogP contribution in [0.15, 0.2) is 66.2 Å². The molecule has 0 spiro atoms. The third-order valence-electron chi connectivity index (χ3n) is 7.93. The van der Waals surface area contributed by atoms with Crippen molar-refractivity contribution >= 4 is 39.3 Å². The molecule has 0 amide bonds. The highest BCUT2D eigenvalue weighted by atomic mass is 16.3. The third kappa shape index (κ3) is 4.84. The second kappa shape index (κ2) is 10.4. The molecule has 5 heterocycles. The summed E-state index contributed by atoms with van der Waals surface area (Å²) in [7, 11) is 4.21. The van der Waals surface area contributed by atoms with Crippen LogP contribution < -0.4 is 15.8 Å². The molecule has 0 unspecified atom stereocenters. The molecule has 5 aromatic rings. The van der Waals surface area contributed by atoms with Crippen molar-refractivity contribution in [3.05, 3.63) is 77.5 Å². The Morgan fingerprint density at radius 1 is 1.14 bits per heavy atom. The summed E-state index contributed by atoms with van der Waals surface area (Å²) in [4.78, 5) is 32.2. The van der Waals surface area contributed by atoms with Crippen molar-refractivity contribution in [3.8, 4) is 5.82 Å². The summed E-state index contributed by atoms with van der Waals surface area (Å²) in [6.45, 7) is 12.6. The number of piperazine rings is 1. The van der Waals surface area contributed by atoms with Gasteiger partial charge in [-0.2, -0.15) is 4.98 Å². The van der Waals surface area contributed by atoms with Crippen LogP contribution in [-0.4, -0.2) is 71.6 Å². The Labute approximate surface area is 244 Å². The smallest absolute Gasteiger partial charge is 0.278 e. The molecule has 4 aromatic heterocycles. The van der Waals surface area contributed by atoms with Gasteiger partial charge in [0.1, 0.15) is 11.0 Å². The normalized spacial score (nSPS) is 16.4. The van der Waals surface area contributed by atoms with Crippen LogP contribution in [0.2, 0.25) is 0 Å². The van der Waals surface area contributed by atoms with Gasteiger partial charge in [0.25, 0.3) is 5.56 Å². The number of pyridine rings is 1. The van der Waals surface area contributed by atoms with Crippen LogP contribution in [0.25, 0.3) is 27.8 Å². The summed E-state index contributed by atoms with van der Waals surface area (Å²) < 4.78 is 5.30. The second-order valence-corrected chi connectivity index (χ2v) is 11.6. The minimum Gasteiger partial charge on any atom is -0.384 e. The minimum absolute atomic E-state index is 0.247. The Morgan fingerprint density at radius 3 is 2.69 bits per heavy atom. The molecule has 1 aromatic carbocycles. The molecule has 2 N–H and O–H groups in total. The topological polar surface area (TPSA) is 109 Å². The highest BCUT2D eigenvalue weighted by molar-refractivity contribution is 5.96. The summed E-state index contributed by atoms with van der Waals surface area (Å²) in [6.07, 6.45) is 5.28. The van der Waals surface area contributed by atoms with E-state index in [9.17, 15) is 9.90 Å². The van der Waals surface area contributed by atoms with Crippen LogP contribution in [0, 0.1) is 0 Å². The van der Waals surface area contributed by atoms with E-state index in [0.717, 1.165) is 30.8 Å². The molecule has 1 atom stereocenters. The number of hydrogen-bond acceptors (Lipinski definition) is 8. The van der Waals surface area contributed by atoms with E-state index in [1.54, 1.807) is 49.0 Å². The van der Waals surface area contributed by atoms with E-state index in [2.05, 4.69) is 74.6 Å². The molecule has 1 fully saturated rings. The third-order valence-corrected chi connectivity index (χ3v) is 7.93. The molecule has 11 nitrogen and oxygen atoms in total. The van der Waals surface area contributed by atoms with E-state index in [1.165, 1.54) is 15.8 Å². The largest absolute Gasteiger partial charge is 0.384 e. The predicted molar refractivity (Wildman–Crippen MR) is 167 cm³/mol. The lowest BCUT2D eigenvalue weighted by molar-refractivity contribution is 0.0738. The van der Waals surface area contributed by atoms with Crippen molar-refractivity contribution in [2.24, 2.45) is 7.05 Å². The summed E-state index contributed by atoms with van der Waals surface area (Å²) in [5.74, 6) is 0.821. The van der Waals surface area contributed by atoms with Crippen molar-refractivity contribution in [2.75, 3.05) is 36.9 Å². The molecule has 1 saturated heterocycles. The van der Waals surface area contributed by atoms with Gasteiger partial charge < -0.3 is 24.8 Å². The van der Waals surface area contributed by atoms with E-state index in [4.69, 9.17) is 4.98 Å². The summed E-state index contributed by atoms with van der Waals surface area (Å²) >= 11 is 0. The Balaban J connectivity index is 1.46. The Morgan fingerprint density at radius 2 is 1.95 bits per heavy atom. The van der Waals surface area contributed by atoms with Gasteiger partial charge in [-0.05, 0) is 58.2 Å². The average molecular weight is 568 g/mol. The maximum Gasteiger partial charge on any atom is 0.278 e. The standard InChI is InChI=1S/C31H37N9O2/c1-7-12-39-29(41)23-18-32-30(35-28(23)40(39)27-10-8-9-26(34-27)31(3,4)42)33-21-16-24-22(11-13-37(24)6)25(17-21)38-15-14-36(5)19-20(38)2/h7-11,13,16-18,20,42H,1,12,14-15,19H2,2-6H3,(H,32,33,35)/t20-/m1/s1. The predicted octanol–water partition coefficient (Wildman–Crippen LogP) is 3.77. The molecule has 218 valence electrons. The number of nitrogens with one attached hydrogen (secondary N) is 1. The number of aromatic nitrogens is 6. The quantitative estimate of drug-likeness (QED) is 0.286. The summed E-state index contributed by atoms with van der Waals surface area (Å²) in [5, 5.41) is 15.6. The molecule has 1 aliphatic rings. The van der Waals surface area contributed by atoms with Crippen LogP contribution >= 0.6 is 0 Å². The molecule has 0 radical (unpaired) electrons. The SMILES string of the molecule is C=CCn1c(=O)c2cnc(Nc3cc(N4CCN(C)C[C@H]4C)c4ccn(C)c4c3)nc2n1-c1cccc(C(C)(C)O)n1. The fourth-order valence-electron chi connectivity index (χ4n) is 5.78. The molecule has 0 aliphatic carbocycles. The van der Waals surface area contributed by atoms with Crippen LogP contribution in [0.5, 0.6) is 0 Å². The first-order valence-corrected chi connectivity index (χ1v) is 14.2. The van der Waals surface area contributed by atoms with Crippen molar-refractivity contribution in [1.29, 1.82) is 0 Å². The summed E-state index contributed by atoms with van der Waals surface area (Å²) in [6, 6.07) is 12.1. The molecule has 0 saturated carbocycles. The number of benzene rings is 1. The van der Waals surface area contributed by atoms with Crippen LogP contribution in [-0.2, 0) is 19.2 Å². The highest BCUT2D eigenvalue weighted by Crippen LogP contribution is 2.34. The fourth-order valence-corrected chi connectivity index (χ4v) is 5.78. The van der Waals surface area contributed by atoms with E-state index in [-0.39, 0.29) is 12.1 Å². The number of likely N-dealkylation sites (N-methyl/N-ethyl adjacent to an activating group) is 1. The van der Waals surface area contributed by atoms with Gasteiger partial charge in [-0.1, -0.05) is 12.1 Å². The highest BCUT2D eigenvalue weighted by Gasteiger charge is 2.25. The summed E-state index contributed by atoms with van der Waals surface area (Å²) in [5.41, 5.74) is 2.61. The first-order valence-electron chi connectivity index (χ1n) is 14.2. The lowest BCUT2D eigenvalue weighted by atomic mass is 10.1. The van der Waals surface area contributed by atoms with Crippen molar-refractivity contribution in [2.45, 2.75) is 39.0 Å². The minimum atomic E-state index is -1.15. The zero-order chi connectivity index (χ0) is 29.8.